The van der Waals surface area contributed by atoms with Crippen LogP contribution in [0.4, 0.5) is 10.1 Å². The van der Waals surface area contributed by atoms with Gasteiger partial charge in [0.05, 0.1) is 12.6 Å². The van der Waals surface area contributed by atoms with Crippen LogP contribution in [-0.2, 0) is 18.8 Å². The highest BCUT2D eigenvalue weighted by molar-refractivity contribution is 6.74. The Bertz CT molecular complexity index is 930. The largest absolute Gasteiger partial charge is 0.412 e. The number of hydrogen-bond donors (Lipinski definition) is 1. The maximum Gasteiger partial charge on any atom is 0.251 e. The summed E-state index contributed by atoms with van der Waals surface area (Å²) in [5.74, 6) is -1.83. The van der Waals surface area contributed by atoms with Crippen LogP contribution in [-0.4, -0.2) is 55.2 Å². The van der Waals surface area contributed by atoms with Gasteiger partial charge in [0, 0.05) is 12.1 Å². The standard InChI is InChI=1S/C23H34FN3O4Si/c1-14-12-18(28)27(17-10-8-16(24)9-11-17)23(14)13-26(21(23)30)19(20(25)29)15(2)31-32(6,7)22(3,4)5/h8-11,14-15,19H,12-13H2,1-7H3,(H2,25,29). The van der Waals surface area contributed by atoms with Crippen LogP contribution in [0.3, 0.4) is 0 Å². The van der Waals surface area contributed by atoms with Gasteiger partial charge in [0.1, 0.15) is 17.4 Å². The topological polar surface area (TPSA) is 92.9 Å². The molecule has 2 heterocycles. The molecular weight excluding hydrogens is 429 g/mol. The van der Waals surface area contributed by atoms with Crippen molar-refractivity contribution in [2.45, 2.75) is 76.9 Å². The lowest BCUT2D eigenvalue weighted by atomic mass is 9.76. The first-order chi connectivity index (χ1) is 14.6. The van der Waals surface area contributed by atoms with E-state index in [0.29, 0.717) is 5.69 Å². The van der Waals surface area contributed by atoms with Crippen molar-refractivity contribution in [3.05, 3.63) is 30.1 Å². The lowest BCUT2D eigenvalue weighted by molar-refractivity contribution is -0.163. The van der Waals surface area contributed by atoms with Gasteiger partial charge < -0.3 is 15.1 Å². The number of rotatable bonds is 6. The van der Waals surface area contributed by atoms with Gasteiger partial charge in [0.2, 0.25) is 11.8 Å². The Morgan fingerprint density at radius 2 is 1.81 bits per heavy atom. The third kappa shape index (κ3) is 3.75. The highest BCUT2D eigenvalue weighted by Gasteiger charge is 2.67. The van der Waals surface area contributed by atoms with Gasteiger partial charge in [-0.05, 0) is 55.2 Å². The second-order valence-corrected chi connectivity index (χ2v) is 15.4. The van der Waals surface area contributed by atoms with E-state index in [4.69, 9.17) is 10.2 Å². The summed E-state index contributed by atoms with van der Waals surface area (Å²) >= 11 is 0. The zero-order valence-electron chi connectivity index (χ0n) is 19.9. The molecule has 0 aliphatic carbocycles. The van der Waals surface area contributed by atoms with Gasteiger partial charge in [0.15, 0.2) is 8.32 Å². The fourth-order valence-corrected chi connectivity index (χ4v) is 6.00. The average molecular weight is 464 g/mol. The average Bonchev–Trinajstić information content (AvgIpc) is 2.92. The molecule has 1 aromatic carbocycles. The predicted molar refractivity (Wildman–Crippen MR) is 123 cm³/mol. The van der Waals surface area contributed by atoms with E-state index < -0.39 is 37.7 Å². The fraction of sp³-hybridized carbons (Fsp3) is 0.609. The van der Waals surface area contributed by atoms with Crippen molar-refractivity contribution in [2.24, 2.45) is 11.7 Å². The van der Waals surface area contributed by atoms with Gasteiger partial charge in [0.25, 0.3) is 5.91 Å². The van der Waals surface area contributed by atoms with Crippen molar-refractivity contribution in [1.29, 1.82) is 0 Å². The summed E-state index contributed by atoms with van der Waals surface area (Å²) in [6, 6.07) is 4.60. The maximum atomic E-state index is 13.6. The minimum Gasteiger partial charge on any atom is -0.412 e. The fourth-order valence-electron chi connectivity index (χ4n) is 4.59. The summed E-state index contributed by atoms with van der Waals surface area (Å²) in [7, 11) is -2.21. The molecule has 2 aliphatic heterocycles. The Kier molecular flexibility index (Phi) is 6.06. The van der Waals surface area contributed by atoms with E-state index in [0.717, 1.165) is 0 Å². The molecule has 2 fully saturated rings. The molecule has 0 radical (unpaired) electrons. The van der Waals surface area contributed by atoms with E-state index >= 15 is 0 Å². The van der Waals surface area contributed by atoms with Crippen molar-refractivity contribution in [1.82, 2.24) is 4.90 Å². The van der Waals surface area contributed by atoms with Crippen molar-refractivity contribution < 1.29 is 23.2 Å². The number of nitrogens with zero attached hydrogens (tertiary/aromatic N) is 2. The second kappa shape index (κ2) is 7.95. The van der Waals surface area contributed by atoms with Crippen LogP contribution in [0.1, 0.15) is 41.0 Å². The van der Waals surface area contributed by atoms with E-state index in [1.807, 2.05) is 6.92 Å². The van der Waals surface area contributed by atoms with Gasteiger partial charge >= 0.3 is 0 Å². The molecule has 2 saturated heterocycles. The zero-order valence-corrected chi connectivity index (χ0v) is 20.9. The minimum absolute atomic E-state index is 0.0740. The van der Waals surface area contributed by atoms with Crippen LogP contribution < -0.4 is 10.6 Å². The summed E-state index contributed by atoms with van der Waals surface area (Å²) in [6.07, 6.45) is -0.379. The molecule has 9 heteroatoms. The van der Waals surface area contributed by atoms with E-state index in [9.17, 15) is 18.8 Å². The van der Waals surface area contributed by atoms with Gasteiger partial charge in [-0.2, -0.15) is 0 Å². The highest BCUT2D eigenvalue weighted by Crippen LogP contribution is 2.47. The molecule has 1 aromatic rings. The summed E-state index contributed by atoms with van der Waals surface area (Å²) in [5, 5.41) is -0.0740. The molecule has 1 spiro atoms. The third-order valence-electron chi connectivity index (χ3n) is 7.43. The Hall–Kier alpha value is -2.26. The van der Waals surface area contributed by atoms with Crippen molar-refractivity contribution in [3.63, 3.8) is 0 Å². The minimum atomic E-state index is -2.21. The predicted octanol–water partition coefficient (Wildman–Crippen LogP) is 3.04. The molecule has 0 bridgehead atoms. The Labute approximate surface area is 190 Å². The molecular formula is C23H34FN3O4Si. The van der Waals surface area contributed by atoms with Crippen molar-refractivity contribution in [3.8, 4) is 0 Å². The number of β-lactam (4-membered cyclic amide) rings is 1. The van der Waals surface area contributed by atoms with Crippen LogP contribution in [0.15, 0.2) is 24.3 Å². The van der Waals surface area contributed by atoms with Crippen LogP contribution in [0.25, 0.3) is 0 Å². The molecule has 0 aromatic heterocycles. The Morgan fingerprint density at radius 3 is 2.28 bits per heavy atom. The zero-order chi connectivity index (χ0) is 24.2. The lowest BCUT2D eigenvalue weighted by Crippen LogP contribution is -2.79. The van der Waals surface area contributed by atoms with E-state index in [2.05, 4.69) is 33.9 Å². The summed E-state index contributed by atoms with van der Waals surface area (Å²) in [5.41, 5.74) is 5.10. The number of amides is 3. The van der Waals surface area contributed by atoms with Crippen LogP contribution in [0, 0.1) is 11.7 Å². The molecule has 32 heavy (non-hydrogen) atoms. The quantitative estimate of drug-likeness (QED) is 0.518. The monoisotopic (exact) mass is 463 g/mol. The summed E-state index contributed by atoms with van der Waals surface area (Å²) in [4.78, 5) is 41.8. The second-order valence-electron chi connectivity index (χ2n) is 10.6. The van der Waals surface area contributed by atoms with Gasteiger partial charge in [-0.1, -0.05) is 27.7 Å². The van der Waals surface area contributed by atoms with E-state index in [1.165, 1.54) is 34.1 Å². The van der Waals surface area contributed by atoms with Crippen molar-refractivity contribution >= 4 is 31.7 Å². The van der Waals surface area contributed by atoms with Crippen molar-refractivity contribution in [2.75, 3.05) is 11.4 Å². The SMILES string of the molecule is CC(O[Si](C)(C)C(C)(C)C)C(C(N)=O)N1CC2(C1=O)C(C)CC(=O)N2c1ccc(F)cc1. The number of carbonyl (C=O) groups excluding carboxylic acids is 3. The van der Waals surface area contributed by atoms with Gasteiger partial charge in [-0.15, -0.1) is 0 Å². The number of halogens is 1. The molecule has 3 amide bonds. The summed E-state index contributed by atoms with van der Waals surface area (Å²) in [6.45, 7) is 14.3. The molecule has 4 unspecified atom stereocenters. The number of benzene rings is 1. The van der Waals surface area contributed by atoms with Gasteiger partial charge in [-0.25, -0.2) is 4.39 Å². The Balaban J connectivity index is 1.90. The molecule has 0 saturated carbocycles. The van der Waals surface area contributed by atoms with Crippen LogP contribution in [0.2, 0.25) is 18.1 Å². The smallest absolute Gasteiger partial charge is 0.251 e. The van der Waals surface area contributed by atoms with E-state index in [1.54, 1.807) is 6.92 Å². The normalized spacial score (nSPS) is 25.8. The number of likely N-dealkylation sites (tertiary alicyclic amines) is 1. The number of nitrogens with two attached hydrogens (primary N) is 1. The van der Waals surface area contributed by atoms with Gasteiger partial charge in [-0.3, -0.25) is 19.3 Å². The first-order valence-electron chi connectivity index (χ1n) is 11.0. The first-order valence-corrected chi connectivity index (χ1v) is 13.9. The van der Waals surface area contributed by atoms with Crippen LogP contribution in [0.5, 0.6) is 0 Å². The lowest BCUT2D eigenvalue weighted by Gasteiger charge is -2.56. The molecule has 2 N–H and O–H groups in total. The number of primary amides is 1. The molecule has 3 rings (SSSR count). The number of hydrogen-bond acceptors (Lipinski definition) is 4. The number of anilines is 1. The molecule has 2 aliphatic rings. The molecule has 176 valence electrons. The Morgan fingerprint density at radius 1 is 1.25 bits per heavy atom. The molecule has 4 atom stereocenters. The van der Waals surface area contributed by atoms with Crippen LogP contribution >= 0.6 is 0 Å². The first kappa shape index (κ1) is 24.4. The van der Waals surface area contributed by atoms with E-state index in [-0.39, 0.29) is 35.7 Å². The summed E-state index contributed by atoms with van der Waals surface area (Å²) < 4.78 is 19.8. The third-order valence-corrected chi connectivity index (χ3v) is 12.0. The maximum absolute atomic E-state index is 13.6. The number of carbonyl (C=O) groups is 3. The highest BCUT2D eigenvalue weighted by atomic mass is 28.4. The molecule has 7 nitrogen and oxygen atoms in total.